The molecule has 0 aliphatic carbocycles. The molecule has 2 rings (SSSR count). The number of methoxy groups -OCH3 is 1. The number of aromatic nitrogens is 1. The molecule has 23 heavy (non-hydrogen) atoms. The van der Waals surface area contributed by atoms with E-state index in [4.69, 9.17) is 9.47 Å². The minimum atomic E-state index is -0.213. The summed E-state index contributed by atoms with van der Waals surface area (Å²) >= 11 is 0. The highest BCUT2D eigenvalue weighted by atomic mass is 16.5. The first-order valence-corrected chi connectivity index (χ1v) is 8.23. The van der Waals surface area contributed by atoms with Gasteiger partial charge in [-0.15, -0.1) is 0 Å². The lowest BCUT2D eigenvalue weighted by Gasteiger charge is -2.40. The SMILES string of the molecule is COC(=O)CN1[C@@H](C(C)(C)C)OC[C@@]1(C)CCc1cccn1C. The van der Waals surface area contributed by atoms with Crippen LogP contribution in [0.5, 0.6) is 0 Å². The normalized spacial score (nSPS) is 25.7. The summed E-state index contributed by atoms with van der Waals surface area (Å²) in [6, 6.07) is 4.21. The molecular formula is C18H30N2O3. The number of ether oxygens (including phenoxy) is 2. The number of hydrogen-bond donors (Lipinski definition) is 0. The van der Waals surface area contributed by atoms with Gasteiger partial charge < -0.3 is 14.0 Å². The first-order valence-electron chi connectivity index (χ1n) is 8.23. The van der Waals surface area contributed by atoms with Crippen LogP contribution in [-0.2, 0) is 27.7 Å². The maximum absolute atomic E-state index is 11.9. The Kier molecular flexibility index (Phi) is 5.21. The second-order valence-corrected chi connectivity index (χ2v) is 7.84. The molecule has 0 aromatic carbocycles. The van der Waals surface area contributed by atoms with Crippen molar-refractivity contribution in [3.05, 3.63) is 24.0 Å². The lowest BCUT2D eigenvalue weighted by molar-refractivity contribution is -0.147. The van der Waals surface area contributed by atoms with Crippen molar-refractivity contribution in [3.63, 3.8) is 0 Å². The summed E-state index contributed by atoms with van der Waals surface area (Å²) in [5, 5.41) is 0. The topological polar surface area (TPSA) is 43.7 Å². The van der Waals surface area contributed by atoms with Crippen molar-refractivity contribution in [2.24, 2.45) is 12.5 Å². The van der Waals surface area contributed by atoms with E-state index in [2.05, 4.69) is 62.5 Å². The third-order valence-corrected chi connectivity index (χ3v) is 4.77. The van der Waals surface area contributed by atoms with E-state index in [0.717, 1.165) is 12.8 Å². The molecular weight excluding hydrogens is 292 g/mol. The molecule has 0 spiro atoms. The highest BCUT2D eigenvalue weighted by molar-refractivity contribution is 5.71. The molecule has 2 atom stereocenters. The summed E-state index contributed by atoms with van der Waals surface area (Å²) in [5.74, 6) is -0.213. The predicted molar refractivity (Wildman–Crippen MR) is 90.1 cm³/mol. The molecule has 1 aromatic rings. The van der Waals surface area contributed by atoms with E-state index in [1.807, 2.05) is 0 Å². The van der Waals surface area contributed by atoms with Crippen molar-refractivity contribution < 1.29 is 14.3 Å². The zero-order valence-corrected chi connectivity index (χ0v) is 15.3. The Hall–Kier alpha value is -1.33. The summed E-state index contributed by atoms with van der Waals surface area (Å²) in [4.78, 5) is 14.1. The minimum Gasteiger partial charge on any atom is -0.468 e. The number of aryl methyl sites for hydroxylation is 2. The van der Waals surface area contributed by atoms with Crippen LogP contribution in [-0.4, -0.2) is 47.5 Å². The minimum absolute atomic E-state index is 0.0588. The molecule has 1 aromatic heterocycles. The molecule has 0 bridgehead atoms. The third-order valence-electron chi connectivity index (χ3n) is 4.77. The van der Waals surface area contributed by atoms with Crippen molar-refractivity contribution in [1.82, 2.24) is 9.47 Å². The second kappa shape index (κ2) is 6.65. The third kappa shape index (κ3) is 3.96. The Labute approximate surface area is 139 Å². The molecule has 0 N–H and O–H groups in total. The summed E-state index contributed by atoms with van der Waals surface area (Å²) < 4.78 is 13.1. The Morgan fingerprint density at radius 2 is 2.17 bits per heavy atom. The predicted octanol–water partition coefficient (Wildman–Crippen LogP) is 2.59. The zero-order chi connectivity index (χ0) is 17.3. The fourth-order valence-corrected chi connectivity index (χ4v) is 3.28. The van der Waals surface area contributed by atoms with Gasteiger partial charge in [-0.05, 0) is 31.9 Å². The molecule has 5 nitrogen and oxygen atoms in total. The first kappa shape index (κ1) is 18.0. The highest BCUT2D eigenvalue weighted by Crippen LogP contribution is 2.39. The summed E-state index contributed by atoms with van der Waals surface area (Å²) in [5.41, 5.74) is 1.07. The van der Waals surface area contributed by atoms with E-state index in [1.54, 1.807) is 0 Å². The van der Waals surface area contributed by atoms with Crippen LogP contribution in [0.2, 0.25) is 0 Å². The van der Waals surface area contributed by atoms with Crippen molar-refractivity contribution in [3.8, 4) is 0 Å². The van der Waals surface area contributed by atoms with Gasteiger partial charge in [0.2, 0.25) is 0 Å². The molecule has 0 unspecified atom stereocenters. The van der Waals surface area contributed by atoms with E-state index in [0.29, 0.717) is 6.61 Å². The van der Waals surface area contributed by atoms with Crippen LogP contribution >= 0.6 is 0 Å². The smallest absolute Gasteiger partial charge is 0.319 e. The maximum Gasteiger partial charge on any atom is 0.319 e. The molecule has 0 saturated carbocycles. The Bertz CT molecular complexity index is 547. The van der Waals surface area contributed by atoms with Gasteiger partial charge in [-0.3, -0.25) is 9.69 Å². The van der Waals surface area contributed by atoms with E-state index < -0.39 is 0 Å². The zero-order valence-electron chi connectivity index (χ0n) is 15.3. The van der Waals surface area contributed by atoms with E-state index in [9.17, 15) is 4.79 Å². The lowest BCUT2D eigenvalue weighted by atomic mass is 9.89. The Morgan fingerprint density at radius 1 is 1.48 bits per heavy atom. The van der Waals surface area contributed by atoms with Crippen LogP contribution in [0.4, 0.5) is 0 Å². The Morgan fingerprint density at radius 3 is 2.70 bits per heavy atom. The van der Waals surface area contributed by atoms with Gasteiger partial charge in [0, 0.05) is 29.9 Å². The Balaban J connectivity index is 2.16. The summed E-state index contributed by atoms with van der Waals surface area (Å²) in [7, 11) is 3.50. The molecule has 0 amide bonds. The average molecular weight is 322 g/mol. The van der Waals surface area contributed by atoms with Gasteiger partial charge in [0.15, 0.2) is 0 Å². The fraction of sp³-hybridized carbons (Fsp3) is 0.722. The summed E-state index contributed by atoms with van der Waals surface area (Å²) in [6.45, 7) is 9.52. The fourth-order valence-electron chi connectivity index (χ4n) is 3.28. The van der Waals surface area contributed by atoms with Gasteiger partial charge in [-0.25, -0.2) is 0 Å². The molecule has 1 aliphatic rings. The largest absolute Gasteiger partial charge is 0.468 e. The van der Waals surface area contributed by atoms with E-state index in [1.165, 1.54) is 12.8 Å². The number of carbonyl (C=O) groups is 1. The van der Waals surface area contributed by atoms with E-state index >= 15 is 0 Å². The first-order chi connectivity index (χ1) is 10.7. The quantitative estimate of drug-likeness (QED) is 0.782. The van der Waals surface area contributed by atoms with Crippen molar-refractivity contribution >= 4 is 5.97 Å². The lowest BCUT2D eigenvalue weighted by Crippen LogP contribution is -2.52. The van der Waals surface area contributed by atoms with Gasteiger partial charge in [-0.1, -0.05) is 20.8 Å². The van der Waals surface area contributed by atoms with Gasteiger partial charge in [0.25, 0.3) is 0 Å². The molecule has 5 heteroatoms. The molecule has 0 radical (unpaired) electrons. The van der Waals surface area contributed by atoms with Crippen molar-refractivity contribution in [1.29, 1.82) is 0 Å². The number of hydrogen-bond acceptors (Lipinski definition) is 4. The molecule has 130 valence electrons. The van der Waals surface area contributed by atoms with Crippen molar-refractivity contribution in [2.75, 3.05) is 20.3 Å². The standard InChI is InChI=1S/C18H30N2O3/c1-17(2,3)16-20(12-15(21)22-6)18(4,13-23-16)10-9-14-8-7-11-19(14)5/h7-8,11,16H,9-10,12-13H2,1-6H3/t16-,18-/m1/s1. The van der Waals surface area contributed by atoms with Gasteiger partial charge in [-0.2, -0.15) is 0 Å². The number of esters is 1. The second-order valence-electron chi connectivity index (χ2n) is 7.84. The van der Waals surface area contributed by atoms with E-state index in [-0.39, 0.29) is 29.7 Å². The molecule has 2 heterocycles. The van der Waals surface area contributed by atoms with Crippen LogP contribution in [0.3, 0.4) is 0 Å². The monoisotopic (exact) mass is 322 g/mol. The van der Waals surface area contributed by atoms with Gasteiger partial charge >= 0.3 is 5.97 Å². The van der Waals surface area contributed by atoms with Crippen LogP contribution in [0.15, 0.2) is 18.3 Å². The van der Waals surface area contributed by atoms with Crippen LogP contribution in [0.1, 0.15) is 39.8 Å². The number of nitrogens with zero attached hydrogens (tertiary/aromatic N) is 2. The van der Waals surface area contributed by atoms with Crippen LogP contribution in [0.25, 0.3) is 0 Å². The summed E-state index contributed by atoms with van der Waals surface area (Å²) in [6.07, 6.45) is 3.87. The molecule has 1 saturated heterocycles. The average Bonchev–Trinajstić information content (AvgIpc) is 3.01. The van der Waals surface area contributed by atoms with Gasteiger partial charge in [0.1, 0.15) is 6.23 Å². The highest BCUT2D eigenvalue weighted by Gasteiger charge is 2.48. The molecule has 1 aliphatic heterocycles. The number of rotatable bonds is 5. The van der Waals surface area contributed by atoms with Gasteiger partial charge in [0.05, 0.1) is 20.3 Å². The van der Waals surface area contributed by atoms with Crippen molar-refractivity contribution in [2.45, 2.75) is 52.3 Å². The maximum atomic E-state index is 11.9. The van der Waals surface area contributed by atoms with Crippen LogP contribution in [0, 0.1) is 5.41 Å². The van der Waals surface area contributed by atoms with Crippen LogP contribution < -0.4 is 0 Å². The number of carbonyl (C=O) groups excluding carboxylic acids is 1. The molecule has 1 fully saturated rings.